The second kappa shape index (κ2) is 9.71. The molecule has 2 aromatic rings. The molecule has 29 heavy (non-hydrogen) atoms. The van der Waals surface area contributed by atoms with E-state index in [4.69, 9.17) is 10.00 Å². The summed E-state index contributed by atoms with van der Waals surface area (Å²) in [5.74, 6) is -1.06. The van der Waals surface area contributed by atoms with Gasteiger partial charge in [0.05, 0.1) is 17.2 Å². The number of benzene rings is 2. The average Bonchev–Trinajstić information content (AvgIpc) is 2.78. The Kier molecular flexibility index (Phi) is 6.82. The highest BCUT2D eigenvalue weighted by Gasteiger charge is 2.16. The van der Waals surface area contributed by atoms with Gasteiger partial charge in [-0.2, -0.15) is 5.26 Å². The first-order valence-electron chi connectivity index (χ1n) is 9.63. The van der Waals surface area contributed by atoms with Gasteiger partial charge in [0.2, 0.25) is 0 Å². The molecule has 1 aliphatic heterocycles. The zero-order chi connectivity index (χ0) is 20.6. The van der Waals surface area contributed by atoms with E-state index in [1.54, 1.807) is 18.2 Å². The molecule has 1 aliphatic rings. The van der Waals surface area contributed by atoms with Gasteiger partial charge in [-0.05, 0) is 49.0 Å². The maximum absolute atomic E-state index is 12.1. The van der Waals surface area contributed by atoms with Crippen LogP contribution in [-0.4, -0.2) is 56.1 Å². The lowest BCUT2D eigenvalue weighted by atomic mass is 10.1. The number of hydrogen-bond acceptors (Lipinski definition) is 6. The Morgan fingerprint density at radius 1 is 1.10 bits per heavy atom. The van der Waals surface area contributed by atoms with Crippen molar-refractivity contribution in [3.8, 4) is 6.07 Å². The third kappa shape index (κ3) is 5.56. The Morgan fingerprint density at radius 2 is 1.83 bits per heavy atom. The van der Waals surface area contributed by atoms with Gasteiger partial charge >= 0.3 is 5.97 Å². The molecule has 150 valence electrons. The smallest absolute Gasteiger partial charge is 0.338 e. The van der Waals surface area contributed by atoms with Crippen LogP contribution in [0.3, 0.4) is 0 Å². The lowest BCUT2D eigenvalue weighted by Gasteiger charge is -2.35. The number of anilines is 2. The minimum absolute atomic E-state index is 0.240. The minimum Gasteiger partial charge on any atom is -0.452 e. The summed E-state index contributed by atoms with van der Waals surface area (Å²) in [5.41, 5.74) is 2.38. The number of hydrogen-bond donors (Lipinski definition) is 1. The van der Waals surface area contributed by atoms with Gasteiger partial charge in [-0.1, -0.05) is 13.0 Å². The average molecular weight is 392 g/mol. The van der Waals surface area contributed by atoms with E-state index in [0.29, 0.717) is 11.3 Å². The summed E-state index contributed by atoms with van der Waals surface area (Å²) in [6.07, 6.45) is 0. The zero-order valence-electron chi connectivity index (χ0n) is 16.4. The maximum atomic E-state index is 12.1. The van der Waals surface area contributed by atoms with Crippen LogP contribution in [0.5, 0.6) is 0 Å². The lowest BCUT2D eigenvalue weighted by Crippen LogP contribution is -2.46. The highest BCUT2D eigenvalue weighted by Crippen LogP contribution is 2.19. The van der Waals surface area contributed by atoms with Gasteiger partial charge < -0.3 is 19.9 Å². The number of carbonyl (C=O) groups excluding carboxylic acids is 2. The van der Waals surface area contributed by atoms with Crippen LogP contribution in [0.25, 0.3) is 0 Å². The van der Waals surface area contributed by atoms with Crippen molar-refractivity contribution in [2.45, 2.75) is 6.92 Å². The van der Waals surface area contributed by atoms with E-state index in [1.165, 1.54) is 6.07 Å². The summed E-state index contributed by atoms with van der Waals surface area (Å²) in [6.45, 7) is 6.94. The molecule has 0 bridgehead atoms. The molecule has 0 radical (unpaired) electrons. The molecule has 0 atom stereocenters. The van der Waals surface area contributed by atoms with Crippen molar-refractivity contribution in [2.24, 2.45) is 0 Å². The van der Waals surface area contributed by atoms with Gasteiger partial charge in [-0.3, -0.25) is 4.79 Å². The van der Waals surface area contributed by atoms with Crippen LogP contribution >= 0.6 is 0 Å². The molecule has 2 aromatic carbocycles. The van der Waals surface area contributed by atoms with Crippen LogP contribution in [0.1, 0.15) is 22.8 Å². The Balaban J connectivity index is 1.48. The first-order chi connectivity index (χ1) is 14.1. The highest BCUT2D eigenvalue weighted by molar-refractivity contribution is 5.95. The monoisotopic (exact) mass is 392 g/mol. The second-order valence-electron chi connectivity index (χ2n) is 6.79. The summed E-state index contributed by atoms with van der Waals surface area (Å²) in [5, 5.41) is 11.6. The largest absolute Gasteiger partial charge is 0.452 e. The van der Waals surface area contributed by atoms with E-state index in [-0.39, 0.29) is 5.56 Å². The van der Waals surface area contributed by atoms with Crippen LogP contribution in [0.4, 0.5) is 11.4 Å². The number of ether oxygens (including phenoxy) is 1. The molecule has 1 fully saturated rings. The van der Waals surface area contributed by atoms with Gasteiger partial charge in [0.15, 0.2) is 6.61 Å². The van der Waals surface area contributed by atoms with E-state index in [0.717, 1.165) is 38.4 Å². The van der Waals surface area contributed by atoms with Crippen molar-refractivity contribution in [2.75, 3.05) is 49.5 Å². The van der Waals surface area contributed by atoms with Crippen molar-refractivity contribution >= 4 is 23.3 Å². The number of esters is 1. The number of nitrogens with zero attached hydrogens (tertiary/aromatic N) is 3. The van der Waals surface area contributed by atoms with E-state index in [2.05, 4.69) is 22.0 Å². The maximum Gasteiger partial charge on any atom is 0.338 e. The Morgan fingerprint density at radius 3 is 2.48 bits per heavy atom. The molecule has 0 spiro atoms. The zero-order valence-corrected chi connectivity index (χ0v) is 16.4. The summed E-state index contributed by atoms with van der Waals surface area (Å²) in [7, 11) is 0. The fraction of sp³-hybridized carbons (Fsp3) is 0.318. The fourth-order valence-corrected chi connectivity index (χ4v) is 3.21. The number of piperazine rings is 1. The van der Waals surface area contributed by atoms with E-state index in [9.17, 15) is 9.59 Å². The van der Waals surface area contributed by atoms with Crippen LogP contribution in [0.2, 0.25) is 0 Å². The molecule has 7 heteroatoms. The number of rotatable bonds is 6. The third-order valence-electron chi connectivity index (χ3n) is 4.90. The molecule has 7 nitrogen and oxygen atoms in total. The summed E-state index contributed by atoms with van der Waals surface area (Å²) in [4.78, 5) is 28.8. The molecule has 1 amide bonds. The second-order valence-corrected chi connectivity index (χ2v) is 6.79. The van der Waals surface area contributed by atoms with Crippen LogP contribution in [-0.2, 0) is 9.53 Å². The van der Waals surface area contributed by atoms with Gasteiger partial charge in [0, 0.05) is 37.6 Å². The summed E-state index contributed by atoms with van der Waals surface area (Å²) in [6, 6.07) is 15.8. The molecule has 0 aromatic heterocycles. The topological polar surface area (TPSA) is 85.7 Å². The summed E-state index contributed by atoms with van der Waals surface area (Å²) >= 11 is 0. The molecule has 0 unspecified atom stereocenters. The number of nitriles is 1. The lowest BCUT2D eigenvalue weighted by molar-refractivity contribution is -0.119. The number of nitrogens with one attached hydrogen (secondary N) is 1. The molecular weight excluding hydrogens is 368 g/mol. The number of amides is 1. The first-order valence-corrected chi connectivity index (χ1v) is 9.63. The van der Waals surface area contributed by atoms with E-state index >= 15 is 0 Å². The predicted octanol–water partition coefficient (Wildman–Crippen LogP) is 2.50. The molecule has 1 saturated heterocycles. The van der Waals surface area contributed by atoms with E-state index < -0.39 is 18.5 Å². The first kappa shape index (κ1) is 20.4. The van der Waals surface area contributed by atoms with Crippen LogP contribution in [0.15, 0.2) is 48.5 Å². The van der Waals surface area contributed by atoms with Crippen LogP contribution in [0, 0.1) is 11.3 Å². The fourth-order valence-electron chi connectivity index (χ4n) is 3.21. The molecule has 0 saturated carbocycles. The number of carbonyl (C=O) groups is 2. The molecular formula is C22H24N4O3. The van der Waals surface area contributed by atoms with Crippen molar-refractivity contribution in [1.29, 1.82) is 5.26 Å². The van der Waals surface area contributed by atoms with Crippen molar-refractivity contribution in [3.63, 3.8) is 0 Å². The van der Waals surface area contributed by atoms with Crippen molar-refractivity contribution < 1.29 is 14.3 Å². The highest BCUT2D eigenvalue weighted by atomic mass is 16.5. The van der Waals surface area contributed by atoms with E-state index in [1.807, 2.05) is 30.3 Å². The molecule has 3 rings (SSSR count). The number of likely N-dealkylation sites (N-methyl/N-ethyl adjacent to an activating group) is 1. The van der Waals surface area contributed by atoms with Crippen LogP contribution < -0.4 is 10.2 Å². The van der Waals surface area contributed by atoms with Crippen molar-refractivity contribution in [3.05, 3.63) is 59.7 Å². The van der Waals surface area contributed by atoms with Gasteiger partial charge in [0.1, 0.15) is 0 Å². The molecule has 1 heterocycles. The van der Waals surface area contributed by atoms with Gasteiger partial charge in [0.25, 0.3) is 5.91 Å². The normalized spacial score (nSPS) is 14.1. The third-order valence-corrected chi connectivity index (χ3v) is 4.90. The summed E-state index contributed by atoms with van der Waals surface area (Å²) < 4.78 is 5.03. The minimum atomic E-state index is -0.640. The standard InChI is InChI=1S/C22H24N4O3/c1-2-25-10-12-26(13-11-25)20-8-6-19(7-9-20)24-21(27)16-29-22(28)18-5-3-4-17(14-18)15-23/h3-9,14H,2,10-13,16H2,1H3,(H,24,27). The Bertz CT molecular complexity index is 897. The van der Waals surface area contributed by atoms with Crippen molar-refractivity contribution in [1.82, 2.24) is 4.90 Å². The Labute approximate surface area is 170 Å². The quantitative estimate of drug-likeness (QED) is 0.761. The predicted molar refractivity (Wildman–Crippen MR) is 111 cm³/mol. The van der Waals surface area contributed by atoms with Gasteiger partial charge in [-0.25, -0.2) is 4.79 Å². The molecule has 0 aliphatic carbocycles. The SMILES string of the molecule is CCN1CCN(c2ccc(NC(=O)COC(=O)c3cccc(C#N)c3)cc2)CC1. The van der Waals surface area contributed by atoms with Gasteiger partial charge in [-0.15, -0.1) is 0 Å². The molecule has 1 N–H and O–H groups in total. The Hall–Kier alpha value is -3.37.